The Morgan fingerprint density at radius 1 is 0.917 bits per heavy atom. The Balaban J connectivity index is 1.58. The number of carbonyl (C=O) groups excluding carboxylic acids is 2. The molecule has 2 amide bonds. The first-order chi connectivity index (χ1) is 17.0. The Morgan fingerprint density at radius 3 is 2.14 bits per heavy atom. The Bertz CT molecular complexity index is 1180. The van der Waals surface area contributed by atoms with E-state index in [1.807, 2.05) is 4.90 Å². The van der Waals surface area contributed by atoms with E-state index in [1.54, 1.807) is 23.1 Å². The third-order valence-corrected chi connectivity index (χ3v) is 6.47. The van der Waals surface area contributed by atoms with Gasteiger partial charge in [0.25, 0.3) is 11.6 Å². The maximum Gasteiger partial charge on any atom is 0.471 e. The van der Waals surface area contributed by atoms with Gasteiger partial charge in [0.05, 0.1) is 27.5 Å². The van der Waals surface area contributed by atoms with Gasteiger partial charge in [-0.25, -0.2) is 0 Å². The summed E-state index contributed by atoms with van der Waals surface area (Å²) in [6.45, 7) is 1.39. The number of anilines is 3. The molecule has 0 spiro atoms. The number of hydrogen-bond acceptors (Lipinski definition) is 6. The minimum absolute atomic E-state index is 0.113. The van der Waals surface area contributed by atoms with Gasteiger partial charge in [0.2, 0.25) is 0 Å². The van der Waals surface area contributed by atoms with Crippen LogP contribution in [0.2, 0.25) is 5.02 Å². The second kappa shape index (κ2) is 10.2. The molecule has 0 radical (unpaired) electrons. The molecule has 192 valence electrons. The molecule has 2 aliphatic heterocycles. The van der Waals surface area contributed by atoms with Crippen LogP contribution in [0.4, 0.5) is 35.9 Å². The molecule has 36 heavy (non-hydrogen) atoms. The van der Waals surface area contributed by atoms with Crippen LogP contribution in [0, 0.1) is 10.1 Å². The fraction of sp³-hybridized carbons (Fsp3) is 0.391. The van der Waals surface area contributed by atoms with Crippen molar-refractivity contribution in [2.45, 2.75) is 19.0 Å². The summed E-state index contributed by atoms with van der Waals surface area (Å²) in [7, 11) is 0. The van der Waals surface area contributed by atoms with E-state index in [0.29, 0.717) is 22.1 Å². The van der Waals surface area contributed by atoms with Crippen molar-refractivity contribution in [3.05, 3.63) is 57.1 Å². The molecule has 9 nitrogen and oxygen atoms in total. The van der Waals surface area contributed by atoms with Crippen LogP contribution in [0.3, 0.4) is 0 Å². The van der Waals surface area contributed by atoms with E-state index in [0.717, 1.165) is 30.8 Å². The van der Waals surface area contributed by atoms with Gasteiger partial charge in [0, 0.05) is 56.4 Å². The molecule has 2 aromatic rings. The molecule has 0 aromatic heterocycles. The van der Waals surface area contributed by atoms with Gasteiger partial charge in [0.1, 0.15) is 0 Å². The van der Waals surface area contributed by atoms with E-state index < -0.39 is 22.9 Å². The average molecular weight is 526 g/mol. The molecule has 2 fully saturated rings. The smallest absolute Gasteiger partial charge is 0.371 e. The minimum atomic E-state index is -4.94. The standard InChI is InChI=1S/C23H23ClF3N5O4/c24-15-3-5-20(30-9-11-31(12-10-30)22(34)23(25,26)27)18(13-15)28-21(33)17-14-16(32(35)36)4-6-19(17)29-7-1-2-8-29/h3-6,13-14H,1-2,7-12H2,(H,28,33). The molecule has 4 rings (SSSR count). The molecule has 0 atom stereocenters. The number of nitro groups is 1. The molecule has 13 heteroatoms. The van der Waals surface area contributed by atoms with Crippen molar-refractivity contribution in [3.63, 3.8) is 0 Å². The van der Waals surface area contributed by atoms with Crippen molar-refractivity contribution >= 4 is 46.2 Å². The molecule has 2 aromatic carbocycles. The SMILES string of the molecule is O=C(Nc1cc(Cl)ccc1N1CCN(C(=O)C(F)(F)F)CC1)c1cc([N+](=O)[O-])ccc1N1CCCC1. The summed E-state index contributed by atoms with van der Waals surface area (Å²) in [5.74, 6) is -2.46. The fourth-order valence-corrected chi connectivity index (χ4v) is 4.63. The van der Waals surface area contributed by atoms with Gasteiger partial charge < -0.3 is 20.0 Å². The van der Waals surface area contributed by atoms with Crippen LogP contribution in [-0.4, -0.2) is 67.1 Å². The van der Waals surface area contributed by atoms with E-state index in [1.165, 1.54) is 18.2 Å². The fourth-order valence-electron chi connectivity index (χ4n) is 4.46. The molecular formula is C23H23ClF3N5O4. The number of hydrogen-bond donors (Lipinski definition) is 1. The summed E-state index contributed by atoms with van der Waals surface area (Å²) < 4.78 is 38.3. The molecule has 2 heterocycles. The molecular weight excluding hydrogens is 503 g/mol. The normalized spacial score (nSPS) is 16.3. The first-order valence-corrected chi connectivity index (χ1v) is 11.7. The van der Waals surface area contributed by atoms with Crippen molar-refractivity contribution in [2.75, 3.05) is 54.4 Å². The van der Waals surface area contributed by atoms with E-state index in [2.05, 4.69) is 5.32 Å². The number of halogens is 4. The zero-order chi connectivity index (χ0) is 26.0. The molecule has 1 N–H and O–H groups in total. The van der Waals surface area contributed by atoms with Gasteiger partial charge in [-0.05, 0) is 37.1 Å². The zero-order valence-electron chi connectivity index (χ0n) is 19.1. The van der Waals surface area contributed by atoms with Crippen molar-refractivity contribution < 1.29 is 27.7 Å². The number of amides is 2. The predicted molar refractivity (Wildman–Crippen MR) is 129 cm³/mol. The summed E-state index contributed by atoms with van der Waals surface area (Å²) in [6.07, 6.45) is -3.05. The Hall–Kier alpha value is -3.54. The van der Waals surface area contributed by atoms with Crippen LogP contribution >= 0.6 is 11.6 Å². The van der Waals surface area contributed by atoms with Gasteiger partial charge in [0.15, 0.2) is 0 Å². The minimum Gasteiger partial charge on any atom is -0.371 e. The maximum atomic E-state index is 13.4. The third-order valence-electron chi connectivity index (χ3n) is 6.24. The maximum absolute atomic E-state index is 13.4. The van der Waals surface area contributed by atoms with Crippen LogP contribution in [0.15, 0.2) is 36.4 Å². The lowest BCUT2D eigenvalue weighted by molar-refractivity contribution is -0.384. The summed E-state index contributed by atoms with van der Waals surface area (Å²) in [5.41, 5.74) is 1.32. The molecule has 0 aliphatic carbocycles. The predicted octanol–water partition coefficient (Wildman–Crippen LogP) is 4.31. The number of carbonyl (C=O) groups is 2. The van der Waals surface area contributed by atoms with Crippen LogP contribution < -0.4 is 15.1 Å². The second-order valence-corrected chi connectivity index (χ2v) is 8.98. The van der Waals surface area contributed by atoms with Gasteiger partial charge >= 0.3 is 12.1 Å². The Morgan fingerprint density at radius 2 is 1.53 bits per heavy atom. The summed E-state index contributed by atoms with van der Waals surface area (Å²) >= 11 is 6.16. The first-order valence-electron chi connectivity index (χ1n) is 11.3. The highest BCUT2D eigenvalue weighted by Gasteiger charge is 2.43. The molecule has 0 bridgehead atoms. The highest BCUT2D eigenvalue weighted by Crippen LogP contribution is 2.33. The van der Waals surface area contributed by atoms with E-state index in [9.17, 15) is 32.9 Å². The Labute approximate surface area is 209 Å². The monoisotopic (exact) mass is 525 g/mol. The molecule has 2 saturated heterocycles. The highest BCUT2D eigenvalue weighted by molar-refractivity contribution is 6.31. The van der Waals surface area contributed by atoms with Gasteiger partial charge in [-0.2, -0.15) is 13.2 Å². The van der Waals surface area contributed by atoms with Crippen LogP contribution in [0.25, 0.3) is 0 Å². The number of alkyl halides is 3. The van der Waals surface area contributed by atoms with E-state index in [4.69, 9.17) is 11.6 Å². The largest absolute Gasteiger partial charge is 0.471 e. The molecule has 0 unspecified atom stereocenters. The number of nitro benzene ring substituents is 1. The van der Waals surface area contributed by atoms with Gasteiger partial charge in [-0.3, -0.25) is 19.7 Å². The summed E-state index contributed by atoms with van der Waals surface area (Å²) in [4.78, 5) is 40.2. The Kier molecular flexibility index (Phi) is 7.25. The van der Waals surface area contributed by atoms with Crippen LogP contribution in [0.1, 0.15) is 23.2 Å². The van der Waals surface area contributed by atoms with Crippen molar-refractivity contribution in [2.24, 2.45) is 0 Å². The first kappa shape index (κ1) is 25.5. The zero-order valence-corrected chi connectivity index (χ0v) is 19.8. The second-order valence-electron chi connectivity index (χ2n) is 8.55. The number of nitrogens with one attached hydrogen (secondary N) is 1. The lowest BCUT2D eigenvalue weighted by Crippen LogP contribution is -2.52. The van der Waals surface area contributed by atoms with Crippen molar-refractivity contribution in [1.29, 1.82) is 0 Å². The van der Waals surface area contributed by atoms with Crippen molar-refractivity contribution in [1.82, 2.24) is 4.90 Å². The van der Waals surface area contributed by atoms with Gasteiger partial charge in [-0.1, -0.05) is 11.6 Å². The topological polar surface area (TPSA) is 99.0 Å². The number of rotatable bonds is 5. The number of benzene rings is 2. The lowest BCUT2D eigenvalue weighted by Gasteiger charge is -2.37. The van der Waals surface area contributed by atoms with E-state index >= 15 is 0 Å². The number of nitrogens with zero attached hydrogens (tertiary/aromatic N) is 4. The van der Waals surface area contributed by atoms with Crippen LogP contribution in [-0.2, 0) is 4.79 Å². The van der Waals surface area contributed by atoms with E-state index in [-0.39, 0.29) is 37.4 Å². The number of piperazine rings is 1. The lowest BCUT2D eigenvalue weighted by atomic mass is 10.1. The summed E-state index contributed by atoms with van der Waals surface area (Å²) in [5, 5.41) is 14.4. The quantitative estimate of drug-likeness (QED) is 0.461. The van der Waals surface area contributed by atoms with Crippen LogP contribution in [0.5, 0.6) is 0 Å². The number of non-ortho nitro benzene ring substituents is 1. The van der Waals surface area contributed by atoms with Gasteiger partial charge in [-0.15, -0.1) is 0 Å². The summed E-state index contributed by atoms with van der Waals surface area (Å²) in [6, 6.07) is 8.88. The molecule has 0 saturated carbocycles. The highest BCUT2D eigenvalue weighted by atomic mass is 35.5. The average Bonchev–Trinajstić information content (AvgIpc) is 3.38. The third kappa shape index (κ3) is 5.48. The van der Waals surface area contributed by atoms with Crippen molar-refractivity contribution in [3.8, 4) is 0 Å². The molecule has 2 aliphatic rings.